The third kappa shape index (κ3) is 2.76. The van der Waals surface area contributed by atoms with Crippen molar-refractivity contribution in [1.29, 1.82) is 0 Å². The molecule has 3 aliphatic rings. The van der Waals surface area contributed by atoms with Crippen LogP contribution in [0.5, 0.6) is 23.0 Å². The van der Waals surface area contributed by atoms with Crippen molar-refractivity contribution in [2.75, 3.05) is 32.0 Å². The van der Waals surface area contributed by atoms with Crippen molar-refractivity contribution >= 4 is 17.0 Å². The lowest BCUT2D eigenvalue weighted by atomic mass is 9.77. The summed E-state index contributed by atoms with van der Waals surface area (Å²) in [5, 5.41) is 0. The number of thiophene rings is 1. The van der Waals surface area contributed by atoms with Gasteiger partial charge in [-0.25, -0.2) is 0 Å². The van der Waals surface area contributed by atoms with Gasteiger partial charge in [-0.3, -0.25) is 0 Å². The molecule has 2 aromatic carbocycles. The molecule has 0 radical (unpaired) electrons. The van der Waals surface area contributed by atoms with Gasteiger partial charge in [0, 0.05) is 29.9 Å². The van der Waals surface area contributed by atoms with Gasteiger partial charge < -0.3 is 23.8 Å². The topological polar surface area (TPSA) is 40.2 Å². The molecule has 166 valence electrons. The second kappa shape index (κ2) is 6.71. The number of hydrogen-bond acceptors (Lipinski definition) is 6. The smallest absolute Gasteiger partial charge is 0.425 e. The van der Waals surface area contributed by atoms with Crippen LogP contribution in [0.1, 0.15) is 20.9 Å². The maximum atomic E-state index is 13.3. The Kier molecular flexibility index (Phi) is 4.11. The van der Waals surface area contributed by atoms with Gasteiger partial charge in [-0.15, -0.1) is 11.3 Å². The lowest BCUT2D eigenvalue weighted by Gasteiger charge is -2.25. The van der Waals surface area contributed by atoms with Gasteiger partial charge in [0.05, 0.1) is 23.9 Å². The lowest BCUT2D eigenvalue weighted by molar-refractivity contribution is -0.134. The second-order valence-electron chi connectivity index (χ2n) is 8.05. The molecule has 1 unspecified atom stereocenters. The zero-order valence-corrected chi connectivity index (χ0v) is 17.8. The molecule has 0 saturated carbocycles. The molecule has 0 aliphatic carbocycles. The summed E-state index contributed by atoms with van der Waals surface area (Å²) < 4.78 is 62.3. The van der Waals surface area contributed by atoms with Crippen LogP contribution in [0.25, 0.3) is 0 Å². The third-order valence-electron chi connectivity index (χ3n) is 6.29. The van der Waals surface area contributed by atoms with Gasteiger partial charge in [0.1, 0.15) is 23.0 Å². The van der Waals surface area contributed by atoms with Crippen molar-refractivity contribution < 1.29 is 32.1 Å². The molecule has 0 amide bonds. The summed E-state index contributed by atoms with van der Waals surface area (Å²) in [6, 6.07) is 12.9. The van der Waals surface area contributed by atoms with E-state index in [4.69, 9.17) is 18.9 Å². The fraction of sp³-hybridized carbons (Fsp3) is 0.304. The maximum absolute atomic E-state index is 13.3. The number of methoxy groups -OCH3 is 1. The summed E-state index contributed by atoms with van der Waals surface area (Å²) in [5.41, 5.74) is 2.63. The summed E-state index contributed by atoms with van der Waals surface area (Å²) >= 11 is 0.726. The Labute approximate surface area is 185 Å². The molecular formula is C23H18F3NO4S. The summed E-state index contributed by atoms with van der Waals surface area (Å²) in [5.74, 6) is 2.34. The number of ether oxygens (including phenoxy) is 4. The quantitative estimate of drug-likeness (QED) is 0.536. The van der Waals surface area contributed by atoms with Gasteiger partial charge in [0.15, 0.2) is 11.5 Å². The number of benzene rings is 2. The van der Waals surface area contributed by atoms with E-state index in [0.29, 0.717) is 36.1 Å². The van der Waals surface area contributed by atoms with Crippen LogP contribution in [0, 0.1) is 0 Å². The number of halogens is 3. The fourth-order valence-corrected chi connectivity index (χ4v) is 5.86. The monoisotopic (exact) mass is 461 g/mol. The molecule has 4 heterocycles. The van der Waals surface area contributed by atoms with Gasteiger partial charge >= 0.3 is 6.18 Å². The highest BCUT2D eigenvalue weighted by molar-refractivity contribution is 7.12. The molecule has 1 atom stereocenters. The third-order valence-corrected chi connectivity index (χ3v) is 7.44. The molecule has 32 heavy (non-hydrogen) atoms. The lowest BCUT2D eigenvalue weighted by Crippen LogP contribution is -2.35. The first kappa shape index (κ1) is 19.6. The molecule has 3 aromatic rings. The van der Waals surface area contributed by atoms with Crippen molar-refractivity contribution in [1.82, 2.24) is 0 Å². The van der Waals surface area contributed by atoms with Gasteiger partial charge in [-0.05, 0) is 17.7 Å². The Balaban J connectivity index is 1.41. The largest absolute Gasteiger partial charge is 0.496 e. The van der Waals surface area contributed by atoms with Gasteiger partial charge in [-0.1, -0.05) is 18.2 Å². The van der Waals surface area contributed by atoms with E-state index in [2.05, 4.69) is 11.0 Å². The Hall–Kier alpha value is -3.07. The zero-order valence-electron chi connectivity index (χ0n) is 17.0. The number of para-hydroxylation sites is 1. The molecule has 0 bridgehead atoms. The van der Waals surface area contributed by atoms with E-state index in [-0.39, 0.29) is 12.5 Å². The fourth-order valence-electron chi connectivity index (χ4n) is 4.85. The van der Waals surface area contributed by atoms with Crippen LogP contribution in [-0.4, -0.2) is 27.1 Å². The molecular weight excluding hydrogens is 443 g/mol. The Morgan fingerprint density at radius 3 is 2.59 bits per heavy atom. The number of anilines is 1. The normalized spacial score (nSPS) is 20.4. The number of nitrogens with zero attached hydrogens (tertiary/aromatic N) is 1. The standard InChI is InChI=1S/C23H18F3NO4S/c1-28-19-8-21(23(24,25)26)32-20(19)9-27-10-22(13-4-2-3-5-15(13)27)11-29-16-7-18-17(6-14(16)22)30-12-31-18/h2-8H,9-12H2,1H3. The van der Waals surface area contributed by atoms with Crippen molar-refractivity contribution in [3.63, 3.8) is 0 Å². The van der Waals surface area contributed by atoms with E-state index in [1.54, 1.807) is 0 Å². The summed E-state index contributed by atoms with van der Waals surface area (Å²) in [6.45, 7) is 1.49. The van der Waals surface area contributed by atoms with E-state index in [1.807, 2.05) is 30.3 Å². The Morgan fingerprint density at radius 1 is 1.03 bits per heavy atom. The summed E-state index contributed by atoms with van der Waals surface area (Å²) in [7, 11) is 1.40. The Bertz CT molecular complexity index is 1220. The molecule has 9 heteroatoms. The van der Waals surface area contributed by atoms with Crippen LogP contribution in [0.4, 0.5) is 18.9 Å². The van der Waals surface area contributed by atoms with Crippen molar-refractivity contribution in [2.24, 2.45) is 0 Å². The highest BCUT2D eigenvalue weighted by atomic mass is 32.1. The second-order valence-corrected chi connectivity index (χ2v) is 9.18. The van der Waals surface area contributed by atoms with Crippen molar-refractivity contribution in [2.45, 2.75) is 18.1 Å². The summed E-state index contributed by atoms with van der Waals surface area (Å²) in [4.78, 5) is 1.98. The summed E-state index contributed by atoms with van der Waals surface area (Å²) in [6.07, 6.45) is -4.40. The number of hydrogen-bond donors (Lipinski definition) is 0. The molecule has 5 nitrogen and oxygen atoms in total. The first-order valence-electron chi connectivity index (χ1n) is 10.0. The minimum atomic E-state index is -4.40. The highest BCUT2D eigenvalue weighted by Gasteiger charge is 2.50. The van der Waals surface area contributed by atoms with Crippen LogP contribution in [-0.2, 0) is 18.1 Å². The first-order valence-corrected chi connectivity index (χ1v) is 10.9. The van der Waals surface area contributed by atoms with E-state index < -0.39 is 16.5 Å². The molecule has 0 N–H and O–H groups in total. The number of alkyl halides is 3. The average Bonchev–Trinajstić information content (AvgIpc) is 3.53. The predicted octanol–water partition coefficient (Wildman–Crippen LogP) is 5.20. The Morgan fingerprint density at radius 2 is 1.81 bits per heavy atom. The predicted molar refractivity (Wildman–Crippen MR) is 112 cm³/mol. The van der Waals surface area contributed by atoms with E-state index in [9.17, 15) is 13.2 Å². The maximum Gasteiger partial charge on any atom is 0.425 e. The van der Waals surface area contributed by atoms with Gasteiger partial charge in [0.2, 0.25) is 6.79 Å². The molecule has 6 rings (SSSR count). The van der Waals surface area contributed by atoms with E-state index in [1.165, 1.54) is 7.11 Å². The van der Waals surface area contributed by atoms with Crippen LogP contribution in [0.15, 0.2) is 42.5 Å². The molecule has 0 fully saturated rings. The minimum Gasteiger partial charge on any atom is -0.496 e. The number of rotatable bonds is 3. The minimum absolute atomic E-state index is 0.174. The van der Waals surface area contributed by atoms with Gasteiger partial charge in [-0.2, -0.15) is 13.2 Å². The number of fused-ring (bicyclic) bond motifs is 5. The van der Waals surface area contributed by atoms with E-state index in [0.717, 1.165) is 40.0 Å². The molecule has 0 saturated heterocycles. The molecule has 1 aromatic heterocycles. The molecule has 1 spiro atoms. The SMILES string of the molecule is COc1cc(C(F)(F)F)sc1CN1CC2(COc3cc4c(cc32)OCO4)c2ccccc21. The van der Waals surface area contributed by atoms with Crippen LogP contribution >= 0.6 is 11.3 Å². The zero-order chi connectivity index (χ0) is 22.1. The van der Waals surface area contributed by atoms with Crippen LogP contribution in [0.3, 0.4) is 0 Å². The van der Waals surface area contributed by atoms with Gasteiger partial charge in [0.25, 0.3) is 0 Å². The van der Waals surface area contributed by atoms with Crippen molar-refractivity contribution in [3.05, 3.63) is 63.3 Å². The average molecular weight is 461 g/mol. The first-order chi connectivity index (χ1) is 15.4. The van der Waals surface area contributed by atoms with E-state index >= 15 is 0 Å². The molecule has 3 aliphatic heterocycles. The van der Waals surface area contributed by atoms with Crippen LogP contribution in [0.2, 0.25) is 0 Å². The van der Waals surface area contributed by atoms with Crippen LogP contribution < -0.4 is 23.8 Å². The van der Waals surface area contributed by atoms with Crippen molar-refractivity contribution in [3.8, 4) is 23.0 Å². The highest BCUT2D eigenvalue weighted by Crippen LogP contribution is 2.55.